The summed E-state index contributed by atoms with van der Waals surface area (Å²) in [5.41, 5.74) is 8.52. The van der Waals surface area contributed by atoms with Crippen LogP contribution in [-0.2, 0) is 42.4 Å². The maximum Gasteiger partial charge on any atom is 0.333 e. The van der Waals surface area contributed by atoms with Gasteiger partial charge in [-0.15, -0.1) is 5.06 Å². The highest BCUT2D eigenvalue weighted by molar-refractivity contribution is 6.07. The van der Waals surface area contributed by atoms with E-state index in [1.807, 2.05) is 50.5 Å². The van der Waals surface area contributed by atoms with Crippen LogP contribution in [0.1, 0.15) is 96.5 Å². The van der Waals surface area contributed by atoms with Gasteiger partial charge in [0, 0.05) is 54.0 Å². The molecule has 260 valence electrons. The molecule has 1 aliphatic rings. The molecule has 0 spiro atoms. The molecule has 13 nitrogen and oxygen atoms in total. The molecule has 1 fully saturated rings. The molecule has 2 aromatic carbocycles. The number of amides is 3. The number of nitrogen functional groups attached to an aromatic ring is 1. The van der Waals surface area contributed by atoms with Crippen molar-refractivity contribution >= 4 is 51.4 Å². The fraction of sp³-hybridized carbons (Fsp3) is 0.444. The van der Waals surface area contributed by atoms with E-state index in [0.717, 1.165) is 35.1 Å². The third-order valence-electron chi connectivity index (χ3n) is 9.68. The van der Waals surface area contributed by atoms with E-state index in [1.54, 1.807) is 12.1 Å². The van der Waals surface area contributed by atoms with E-state index in [-0.39, 0.29) is 56.1 Å². The number of unbranched alkanes of at least 4 members (excludes halogenated alkanes) is 1. The van der Waals surface area contributed by atoms with Gasteiger partial charge in [-0.2, -0.15) is 0 Å². The molecule has 5 N–H and O–H groups in total. The summed E-state index contributed by atoms with van der Waals surface area (Å²) < 4.78 is 2.03. The number of nitrogens with one attached hydrogen (secondary N) is 1. The molecule has 4 aromatic rings. The SMILES string of the molecule is CCCCc1nc2c(N)nc3ccc(C(C)(C)C(C)(C)NC(=O)CCCC(=O)ON4C(=O)CCC4=O)cc3c2n1Cc1cccc(O)c1O. The first-order valence-electron chi connectivity index (χ1n) is 16.6. The number of imidazole rings is 1. The minimum absolute atomic E-state index is 0.0132. The molecule has 0 bridgehead atoms. The number of aromatic hydroxyl groups is 2. The number of hydroxylamine groups is 2. The van der Waals surface area contributed by atoms with Gasteiger partial charge in [0.05, 0.1) is 17.6 Å². The number of carbonyl (C=O) groups excluding carboxylic acids is 4. The molecule has 3 amide bonds. The van der Waals surface area contributed by atoms with Crippen molar-refractivity contribution in [2.24, 2.45) is 0 Å². The zero-order valence-electron chi connectivity index (χ0n) is 28.6. The van der Waals surface area contributed by atoms with E-state index in [9.17, 15) is 29.4 Å². The van der Waals surface area contributed by atoms with E-state index >= 15 is 0 Å². The predicted octanol–water partition coefficient (Wildman–Crippen LogP) is 4.92. The maximum absolute atomic E-state index is 13.1. The van der Waals surface area contributed by atoms with Crippen LogP contribution in [0.3, 0.4) is 0 Å². The van der Waals surface area contributed by atoms with Gasteiger partial charge in [-0.1, -0.05) is 45.4 Å². The van der Waals surface area contributed by atoms with Crippen molar-refractivity contribution in [1.82, 2.24) is 24.9 Å². The van der Waals surface area contributed by atoms with Gasteiger partial charge in [0.2, 0.25) is 5.91 Å². The summed E-state index contributed by atoms with van der Waals surface area (Å²) in [7, 11) is 0. The molecular formula is C36H44N6O7. The number of imide groups is 1. The second-order valence-corrected chi connectivity index (χ2v) is 13.6. The van der Waals surface area contributed by atoms with Crippen molar-refractivity contribution in [1.29, 1.82) is 0 Å². The number of aryl methyl sites for hydroxylation is 1. The van der Waals surface area contributed by atoms with Crippen molar-refractivity contribution in [3.63, 3.8) is 0 Å². The number of carbonyl (C=O) groups is 4. The molecule has 13 heteroatoms. The number of nitrogens with zero attached hydrogens (tertiary/aromatic N) is 4. The average Bonchev–Trinajstić information content (AvgIpc) is 3.56. The third-order valence-corrected chi connectivity index (χ3v) is 9.68. The number of benzene rings is 2. The van der Waals surface area contributed by atoms with Crippen LogP contribution in [0.5, 0.6) is 11.5 Å². The van der Waals surface area contributed by atoms with Crippen molar-refractivity contribution in [3.05, 3.63) is 53.3 Å². The number of hydrogen-bond acceptors (Lipinski definition) is 10. The zero-order chi connectivity index (χ0) is 35.7. The van der Waals surface area contributed by atoms with Crippen LogP contribution in [-0.4, -0.2) is 59.0 Å². The molecule has 0 aliphatic carbocycles. The van der Waals surface area contributed by atoms with Crippen LogP contribution in [0.4, 0.5) is 5.82 Å². The van der Waals surface area contributed by atoms with Crippen molar-refractivity contribution < 1.29 is 34.2 Å². The minimum Gasteiger partial charge on any atom is -0.504 e. The second kappa shape index (κ2) is 13.7. The summed E-state index contributed by atoms with van der Waals surface area (Å²) in [5, 5.41) is 25.3. The van der Waals surface area contributed by atoms with Crippen LogP contribution < -0.4 is 11.1 Å². The quantitative estimate of drug-likeness (QED) is 0.112. The lowest BCUT2D eigenvalue weighted by Crippen LogP contribution is -2.56. The Morgan fingerprint density at radius 2 is 1.71 bits per heavy atom. The van der Waals surface area contributed by atoms with Gasteiger partial charge in [-0.05, 0) is 50.5 Å². The first kappa shape index (κ1) is 35.1. The van der Waals surface area contributed by atoms with E-state index < -0.39 is 28.7 Å². The lowest BCUT2D eigenvalue weighted by molar-refractivity contribution is -0.197. The Labute approximate surface area is 284 Å². The Morgan fingerprint density at radius 3 is 2.41 bits per heavy atom. The van der Waals surface area contributed by atoms with Crippen LogP contribution in [0.25, 0.3) is 21.9 Å². The van der Waals surface area contributed by atoms with Gasteiger partial charge in [0.1, 0.15) is 11.3 Å². The van der Waals surface area contributed by atoms with Gasteiger partial charge in [-0.25, -0.2) is 14.8 Å². The molecule has 0 atom stereocenters. The summed E-state index contributed by atoms with van der Waals surface area (Å²) >= 11 is 0. The summed E-state index contributed by atoms with van der Waals surface area (Å²) in [6.07, 6.45) is 2.65. The van der Waals surface area contributed by atoms with Crippen molar-refractivity contribution in [2.75, 3.05) is 5.73 Å². The average molecular weight is 673 g/mol. The molecule has 1 aliphatic heterocycles. The summed E-state index contributed by atoms with van der Waals surface area (Å²) in [4.78, 5) is 63.2. The fourth-order valence-corrected chi connectivity index (χ4v) is 6.04. The van der Waals surface area contributed by atoms with Gasteiger partial charge in [-0.3, -0.25) is 14.4 Å². The lowest BCUT2D eigenvalue weighted by Gasteiger charge is -2.43. The summed E-state index contributed by atoms with van der Waals surface area (Å²) in [6.45, 7) is 10.3. The number of nitrogens with two attached hydrogens (primary N) is 1. The molecule has 0 unspecified atom stereocenters. The Morgan fingerprint density at radius 1 is 1.00 bits per heavy atom. The maximum atomic E-state index is 13.1. The number of phenols is 2. The topological polar surface area (TPSA) is 190 Å². The van der Waals surface area contributed by atoms with Crippen LogP contribution in [0.15, 0.2) is 36.4 Å². The predicted molar refractivity (Wildman–Crippen MR) is 183 cm³/mol. The normalized spacial score (nSPS) is 13.9. The smallest absolute Gasteiger partial charge is 0.333 e. The van der Waals surface area contributed by atoms with Gasteiger partial charge >= 0.3 is 5.97 Å². The minimum atomic E-state index is -0.757. The van der Waals surface area contributed by atoms with E-state index in [4.69, 9.17) is 15.6 Å². The number of rotatable bonds is 13. The number of para-hydroxylation sites is 1. The molecule has 0 saturated carbocycles. The number of fused-ring (bicyclic) bond motifs is 3. The van der Waals surface area contributed by atoms with Crippen molar-refractivity contribution in [3.8, 4) is 11.5 Å². The standard InChI is InChI=1S/C36H44N6O7/c1-6-7-12-26-39-31-32(41(26)20-21-10-8-11-25(43)33(21)48)23-19-22(15-16-24(23)38-34(31)37)35(2,3)36(4,5)40-27(44)13-9-14-30(47)49-42-28(45)17-18-29(42)46/h8,10-11,15-16,19,43,48H,6-7,9,12-14,17-18,20H2,1-5H3,(H2,37,38)(H,40,44). The molecule has 49 heavy (non-hydrogen) atoms. The number of aromatic nitrogens is 3. The highest BCUT2D eigenvalue weighted by Gasteiger charge is 2.40. The molecule has 1 saturated heterocycles. The Bertz CT molecular complexity index is 1930. The highest BCUT2D eigenvalue weighted by Crippen LogP contribution is 2.39. The number of pyridine rings is 1. The van der Waals surface area contributed by atoms with E-state index in [0.29, 0.717) is 33.9 Å². The van der Waals surface area contributed by atoms with Crippen LogP contribution in [0, 0.1) is 0 Å². The molecular weight excluding hydrogens is 628 g/mol. The number of phenolic OH excluding ortho intramolecular Hbond substituents is 2. The molecule has 3 heterocycles. The largest absolute Gasteiger partial charge is 0.504 e. The summed E-state index contributed by atoms with van der Waals surface area (Å²) in [5.74, 6) is -1.42. The van der Waals surface area contributed by atoms with Crippen LogP contribution in [0.2, 0.25) is 0 Å². The Hall–Kier alpha value is -5.20. The Kier molecular flexibility index (Phi) is 9.84. The van der Waals surface area contributed by atoms with Gasteiger partial charge in [0.15, 0.2) is 17.3 Å². The monoisotopic (exact) mass is 672 g/mol. The highest BCUT2D eigenvalue weighted by atomic mass is 16.7. The Balaban J connectivity index is 1.41. The first-order valence-corrected chi connectivity index (χ1v) is 16.6. The summed E-state index contributed by atoms with van der Waals surface area (Å²) in [6, 6.07) is 10.8. The zero-order valence-corrected chi connectivity index (χ0v) is 28.6. The second-order valence-electron chi connectivity index (χ2n) is 13.6. The van der Waals surface area contributed by atoms with Crippen molar-refractivity contribution in [2.45, 2.75) is 103 Å². The molecule has 5 rings (SSSR count). The first-order chi connectivity index (χ1) is 23.1. The fourth-order valence-electron chi connectivity index (χ4n) is 6.04. The lowest BCUT2D eigenvalue weighted by atomic mass is 9.69. The van der Waals surface area contributed by atoms with Crippen LogP contribution >= 0.6 is 0 Å². The van der Waals surface area contributed by atoms with E-state index in [2.05, 4.69) is 17.2 Å². The number of anilines is 1. The molecule has 2 aromatic heterocycles. The van der Waals surface area contributed by atoms with E-state index in [1.165, 1.54) is 6.07 Å². The van der Waals surface area contributed by atoms with Gasteiger partial charge in [0.25, 0.3) is 11.8 Å². The van der Waals surface area contributed by atoms with Gasteiger partial charge < -0.3 is 30.7 Å². The number of hydrogen-bond donors (Lipinski definition) is 4. The third kappa shape index (κ3) is 7.01. The molecule has 0 radical (unpaired) electrons.